The van der Waals surface area contributed by atoms with E-state index in [1.54, 1.807) is 11.3 Å². The molecule has 0 bridgehead atoms. The molecule has 0 aliphatic rings. The monoisotopic (exact) mass is 290 g/mol. The standard InChI is InChI=1S/C16H22N2OS/c1-5-17-11(3)15-12(4)18-16(20-15)13-9-7-8-10-14(13)19-6-2/h7-11,17H,5-6H2,1-4H3. The van der Waals surface area contributed by atoms with Crippen LogP contribution < -0.4 is 10.1 Å². The average Bonchev–Trinajstić information content (AvgIpc) is 2.82. The van der Waals surface area contributed by atoms with Crippen LogP contribution in [0.5, 0.6) is 5.75 Å². The minimum Gasteiger partial charge on any atom is -0.493 e. The molecule has 0 spiro atoms. The van der Waals surface area contributed by atoms with E-state index in [4.69, 9.17) is 9.72 Å². The minimum absolute atomic E-state index is 0.338. The van der Waals surface area contributed by atoms with Gasteiger partial charge in [-0.1, -0.05) is 19.1 Å². The van der Waals surface area contributed by atoms with E-state index in [1.165, 1.54) is 4.88 Å². The number of rotatable bonds is 6. The van der Waals surface area contributed by atoms with E-state index in [1.807, 2.05) is 25.1 Å². The third-order valence-electron chi connectivity index (χ3n) is 3.15. The van der Waals surface area contributed by atoms with E-state index in [2.05, 4.69) is 32.2 Å². The van der Waals surface area contributed by atoms with Crippen LogP contribution in [0, 0.1) is 6.92 Å². The molecule has 1 aromatic carbocycles. The van der Waals surface area contributed by atoms with Gasteiger partial charge in [-0.3, -0.25) is 0 Å². The third kappa shape index (κ3) is 3.19. The quantitative estimate of drug-likeness (QED) is 0.866. The fourth-order valence-electron chi connectivity index (χ4n) is 2.25. The molecule has 3 nitrogen and oxygen atoms in total. The molecule has 1 unspecified atom stereocenters. The van der Waals surface area contributed by atoms with Gasteiger partial charge in [0.25, 0.3) is 0 Å². The minimum atomic E-state index is 0.338. The van der Waals surface area contributed by atoms with Gasteiger partial charge in [0.05, 0.1) is 17.9 Å². The Bertz CT molecular complexity index is 565. The molecule has 0 saturated heterocycles. The van der Waals surface area contributed by atoms with E-state index in [-0.39, 0.29) is 0 Å². The molecule has 1 atom stereocenters. The van der Waals surface area contributed by atoms with Gasteiger partial charge in [0.15, 0.2) is 0 Å². The number of para-hydroxylation sites is 1. The Kier molecular flexibility index (Phi) is 5.15. The van der Waals surface area contributed by atoms with E-state index >= 15 is 0 Å². The third-order valence-corrected chi connectivity index (χ3v) is 4.53. The molecular formula is C16H22N2OS. The Morgan fingerprint density at radius 1 is 1.30 bits per heavy atom. The number of nitrogens with zero attached hydrogens (tertiary/aromatic N) is 1. The zero-order valence-corrected chi connectivity index (χ0v) is 13.4. The molecule has 4 heteroatoms. The van der Waals surface area contributed by atoms with Crippen molar-refractivity contribution in [3.05, 3.63) is 34.8 Å². The predicted molar refractivity (Wildman–Crippen MR) is 85.5 cm³/mol. The van der Waals surface area contributed by atoms with Crippen LogP contribution in [-0.2, 0) is 0 Å². The number of hydrogen-bond acceptors (Lipinski definition) is 4. The largest absolute Gasteiger partial charge is 0.493 e. The van der Waals surface area contributed by atoms with Crippen LogP contribution in [0.3, 0.4) is 0 Å². The fraction of sp³-hybridized carbons (Fsp3) is 0.438. The molecule has 0 radical (unpaired) electrons. The maximum Gasteiger partial charge on any atom is 0.129 e. The van der Waals surface area contributed by atoms with Crippen LogP contribution in [-0.4, -0.2) is 18.1 Å². The summed E-state index contributed by atoms with van der Waals surface area (Å²) in [6, 6.07) is 8.44. The number of thiazole rings is 1. The molecule has 108 valence electrons. The van der Waals surface area contributed by atoms with Crippen LogP contribution in [0.2, 0.25) is 0 Å². The predicted octanol–water partition coefficient (Wildman–Crippen LogP) is 4.19. The number of ether oxygens (including phenoxy) is 1. The van der Waals surface area contributed by atoms with Crippen molar-refractivity contribution in [1.82, 2.24) is 10.3 Å². The summed E-state index contributed by atoms with van der Waals surface area (Å²) in [4.78, 5) is 6.02. The number of benzene rings is 1. The normalized spacial score (nSPS) is 12.4. The smallest absolute Gasteiger partial charge is 0.129 e. The first-order valence-electron chi connectivity index (χ1n) is 7.10. The lowest BCUT2D eigenvalue weighted by Gasteiger charge is -2.10. The number of hydrogen-bond donors (Lipinski definition) is 1. The van der Waals surface area contributed by atoms with Gasteiger partial charge in [0, 0.05) is 10.9 Å². The van der Waals surface area contributed by atoms with E-state index < -0.39 is 0 Å². The second-order valence-corrected chi connectivity index (χ2v) is 5.71. The van der Waals surface area contributed by atoms with Crippen molar-refractivity contribution >= 4 is 11.3 Å². The van der Waals surface area contributed by atoms with Crippen LogP contribution >= 0.6 is 11.3 Å². The molecular weight excluding hydrogens is 268 g/mol. The number of aromatic nitrogens is 1. The fourth-order valence-corrected chi connectivity index (χ4v) is 3.37. The first-order valence-corrected chi connectivity index (χ1v) is 7.91. The van der Waals surface area contributed by atoms with Gasteiger partial charge in [0.1, 0.15) is 10.8 Å². The molecule has 2 aromatic rings. The first kappa shape index (κ1) is 15.0. The first-order chi connectivity index (χ1) is 9.67. The lowest BCUT2D eigenvalue weighted by Crippen LogP contribution is -2.17. The molecule has 1 heterocycles. The van der Waals surface area contributed by atoms with Crippen LogP contribution in [0.15, 0.2) is 24.3 Å². The zero-order chi connectivity index (χ0) is 14.5. The highest BCUT2D eigenvalue weighted by molar-refractivity contribution is 7.15. The van der Waals surface area contributed by atoms with Crippen molar-refractivity contribution in [2.75, 3.05) is 13.2 Å². The molecule has 0 saturated carbocycles. The maximum atomic E-state index is 5.70. The van der Waals surface area contributed by atoms with Crippen LogP contribution in [0.4, 0.5) is 0 Å². The summed E-state index contributed by atoms with van der Waals surface area (Å²) in [5.74, 6) is 0.909. The summed E-state index contributed by atoms with van der Waals surface area (Å²) < 4.78 is 5.70. The molecule has 1 aromatic heterocycles. The summed E-state index contributed by atoms with van der Waals surface area (Å²) >= 11 is 1.75. The van der Waals surface area contributed by atoms with Gasteiger partial charge in [-0.15, -0.1) is 11.3 Å². The van der Waals surface area contributed by atoms with Gasteiger partial charge >= 0.3 is 0 Å². The van der Waals surface area contributed by atoms with Gasteiger partial charge in [-0.25, -0.2) is 4.98 Å². The lowest BCUT2D eigenvalue weighted by atomic mass is 10.2. The molecule has 0 aliphatic heterocycles. The molecule has 0 aliphatic carbocycles. The Hall–Kier alpha value is -1.39. The number of nitrogens with one attached hydrogen (secondary N) is 1. The lowest BCUT2D eigenvalue weighted by molar-refractivity contribution is 0.341. The Labute approximate surface area is 125 Å². The van der Waals surface area contributed by atoms with Crippen molar-refractivity contribution in [2.24, 2.45) is 0 Å². The number of aryl methyl sites for hydroxylation is 1. The molecule has 1 N–H and O–H groups in total. The van der Waals surface area contributed by atoms with Crippen LogP contribution in [0.25, 0.3) is 10.6 Å². The summed E-state index contributed by atoms with van der Waals surface area (Å²) in [5.41, 5.74) is 2.18. The van der Waals surface area contributed by atoms with Crippen molar-refractivity contribution in [3.8, 4) is 16.3 Å². The molecule has 0 amide bonds. The highest BCUT2D eigenvalue weighted by atomic mass is 32.1. The van der Waals surface area contributed by atoms with Gasteiger partial charge < -0.3 is 10.1 Å². The average molecular weight is 290 g/mol. The van der Waals surface area contributed by atoms with Gasteiger partial charge in [-0.2, -0.15) is 0 Å². The zero-order valence-electron chi connectivity index (χ0n) is 12.6. The van der Waals surface area contributed by atoms with Crippen molar-refractivity contribution in [1.29, 1.82) is 0 Å². The second kappa shape index (κ2) is 6.86. The Morgan fingerprint density at radius 2 is 2.05 bits per heavy atom. The second-order valence-electron chi connectivity index (χ2n) is 4.68. The van der Waals surface area contributed by atoms with Crippen molar-refractivity contribution < 1.29 is 4.74 Å². The van der Waals surface area contributed by atoms with E-state index in [9.17, 15) is 0 Å². The highest BCUT2D eigenvalue weighted by Crippen LogP contribution is 2.36. The Balaban J connectivity index is 2.37. The van der Waals surface area contributed by atoms with E-state index in [0.29, 0.717) is 12.6 Å². The highest BCUT2D eigenvalue weighted by Gasteiger charge is 2.16. The summed E-state index contributed by atoms with van der Waals surface area (Å²) in [5, 5.41) is 4.48. The Morgan fingerprint density at radius 3 is 2.75 bits per heavy atom. The van der Waals surface area contributed by atoms with Gasteiger partial charge in [0.2, 0.25) is 0 Å². The van der Waals surface area contributed by atoms with Crippen molar-refractivity contribution in [2.45, 2.75) is 33.7 Å². The van der Waals surface area contributed by atoms with Gasteiger partial charge in [-0.05, 0) is 39.4 Å². The molecule has 2 rings (SSSR count). The van der Waals surface area contributed by atoms with Crippen molar-refractivity contribution in [3.63, 3.8) is 0 Å². The summed E-state index contributed by atoms with van der Waals surface area (Å²) in [6.45, 7) is 10.0. The SMILES string of the molecule is CCNC(C)c1sc(-c2ccccc2OCC)nc1C. The molecule has 0 fully saturated rings. The topological polar surface area (TPSA) is 34.1 Å². The summed E-state index contributed by atoms with van der Waals surface area (Å²) in [7, 11) is 0. The van der Waals surface area contributed by atoms with Crippen LogP contribution in [0.1, 0.15) is 37.4 Å². The molecule has 20 heavy (non-hydrogen) atoms. The maximum absolute atomic E-state index is 5.70. The summed E-state index contributed by atoms with van der Waals surface area (Å²) in [6.07, 6.45) is 0. The van der Waals surface area contributed by atoms with E-state index in [0.717, 1.165) is 28.6 Å².